The van der Waals surface area contributed by atoms with Gasteiger partial charge in [-0.2, -0.15) is 0 Å². The topological polar surface area (TPSA) is 111 Å². The standard InChI is InChI=1S/C57H60O12/c1-58-47-32-68-53-29-38-17-34-9-11-45-22-36(34)19-40-25-49(59-2)52(28-42(40)20-41(38)26-50(53)60-3)66-15-7-13-64-46-12-10-35-18-39-30-54(69-33-47)51(61-4)27-43(39)24-48-44(21-37(35)23-46)31-55(62-5)57(56(48)63-6)67-16-8-14-65-45/h9-12,22-23,25-31,47H,7-8,13-21,24,32-33H2,1-6H3. The van der Waals surface area contributed by atoms with E-state index in [4.69, 9.17) is 56.8 Å². The van der Waals surface area contributed by atoms with E-state index >= 15 is 0 Å². The molecule has 20 rings (SSSR count). The van der Waals surface area contributed by atoms with Crippen LogP contribution in [0.3, 0.4) is 0 Å². The Balaban J connectivity index is 1.16. The Kier molecular flexibility index (Phi) is 13.5. The molecule has 0 aromatic heterocycles. The molecule has 0 fully saturated rings. The maximum Gasteiger partial charge on any atom is 0.203 e. The van der Waals surface area contributed by atoms with Gasteiger partial charge in [-0.3, -0.25) is 0 Å². The van der Waals surface area contributed by atoms with Crippen molar-refractivity contribution in [2.45, 2.75) is 57.5 Å². The van der Waals surface area contributed by atoms with Crippen LogP contribution in [-0.4, -0.2) is 88.4 Å². The molecule has 0 radical (unpaired) electrons. The van der Waals surface area contributed by atoms with Crippen LogP contribution >= 0.6 is 0 Å². The third kappa shape index (κ3) is 9.59. The van der Waals surface area contributed by atoms with Gasteiger partial charge in [0.1, 0.15) is 30.8 Å². The highest BCUT2D eigenvalue weighted by Crippen LogP contribution is 2.47. The van der Waals surface area contributed by atoms with Gasteiger partial charge in [0.15, 0.2) is 46.0 Å². The van der Waals surface area contributed by atoms with Crippen molar-refractivity contribution in [1.29, 1.82) is 0 Å². The minimum absolute atomic E-state index is 0.204. The molecule has 14 aliphatic rings. The summed E-state index contributed by atoms with van der Waals surface area (Å²) in [5.41, 5.74) is 13.3. The fraction of sp³-hybridized carbons (Fsp3) is 0.368. The molecule has 0 saturated heterocycles. The van der Waals surface area contributed by atoms with E-state index in [-0.39, 0.29) is 13.2 Å². The second-order valence-electron chi connectivity index (χ2n) is 17.9. The minimum atomic E-state index is -0.435. The number of rotatable bonds is 6. The molecule has 1 unspecified atom stereocenters. The van der Waals surface area contributed by atoms with Crippen LogP contribution in [0, 0.1) is 0 Å². The van der Waals surface area contributed by atoms with Crippen molar-refractivity contribution in [3.05, 3.63) is 146 Å². The van der Waals surface area contributed by atoms with Crippen LogP contribution in [0.2, 0.25) is 0 Å². The summed E-state index contributed by atoms with van der Waals surface area (Å²) in [6.07, 6.45) is 4.57. The zero-order valence-corrected chi connectivity index (χ0v) is 40.4. The second-order valence-corrected chi connectivity index (χ2v) is 17.9. The lowest BCUT2D eigenvalue weighted by Crippen LogP contribution is -2.27. The third-order valence-electron chi connectivity index (χ3n) is 13.7. The maximum atomic E-state index is 6.64. The summed E-state index contributed by atoms with van der Waals surface area (Å²) in [6, 6.07) is 27.5. The summed E-state index contributed by atoms with van der Waals surface area (Å²) in [6.45, 7) is 2.10. The van der Waals surface area contributed by atoms with Crippen molar-refractivity contribution >= 4 is 0 Å². The van der Waals surface area contributed by atoms with E-state index in [1.807, 2.05) is 0 Å². The number of benzene rings is 6. The molecule has 2 aliphatic carbocycles. The van der Waals surface area contributed by atoms with E-state index in [1.54, 1.807) is 42.7 Å². The Bertz CT molecular complexity index is 2850. The first-order valence-corrected chi connectivity index (χ1v) is 23.7. The van der Waals surface area contributed by atoms with Gasteiger partial charge >= 0.3 is 0 Å². The summed E-state index contributed by atoms with van der Waals surface area (Å²) >= 11 is 0. The molecule has 1 atom stereocenters. The molecule has 6 aromatic rings. The molecular formula is C57H60O12. The molecule has 12 heterocycles. The Morgan fingerprint density at radius 2 is 0.768 bits per heavy atom. The predicted octanol–water partition coefficient (Wildman–Crippen LogP) is 9.70. The summed E-state index contributed by atoms with van der Waals surface area (Å²) in [7, 11) is 10.1. The smallest absolute Gasteiger partial charge is 0.203 e. The maximum absolute atomic E-state index is 6.64. The lowest BCUT2D eigenvalue weighted by atomic mass is 9.93. The van der Waals surface area contributed by atoms with Crippen molar-refractivity contribution in [1.82, 2.24) is 0 Å². The van der Waals surface area contributed by atoms with Gasteiger partial charge in [0, 0.05) is 31.9 Å². The van der Waals surface area contributed by atoms with Crippen LogP contribution in [0.25, 0.3) is 0 Å². The largest absolute Gasteiger partial charge is 0.493 e. The predicted molar refractivity (Wildman–Crippen MR) is 261 cm³/mol. The van der Waals surface area contributed by atoms with Gasteiger partial charge < -0.3 is 56.8 Å². The fourth-order valence-corrected chi connectivity index (χ4v) is 9.98. The molecule has 12 heteroatoms. The van der Waals surface area contributed by atoms with Crippen molar-refractivity contribution < 1.29 is 56.8 Å². The van der Waals surface area contributed by atoms with Gasteiger partial charge in [-0.1, -0.05) is 12.1 Å². The monoisotopic (exact) mass is 936 g/mol. The molecular weight excluding hydrogens is 877 g/mol. The number of hydrogen-bond acceptors (Lipinski definition) is 12. The molecule has 360 valence electrons. The molecule has 12 aliphatic heterocycles. The normalized spacial score (nSPS) is 16.3. The molecule has 69 heavy (non-hydrogen) atoms. The Morgan fingerprint density at radius 1 is 0.362 bits per heavy atom. The molecule has 0 spiro atoms. The summed E-state index contributed by atoms with van der Waals surface area (Å²) < 4.78 is 75.9. The van der Waals surface area contributed by atoms with E-state index in [1.165, 1.54) is 5.56 Å². The van der Waals surface area contributed by atoms with Crippen molar-refractivity contribution in [2.75, 3.05) is 82.3 Å². The SMILES string of the molecule is COc1cc2c3cc1OCCCOc1ccc4c(c1)Cc1cc(OC)c5c(OC)c1Cc1cc(OC)c(cc1C4)OCC(OC)COc1cc(c(cc1OC)C3)Cc1ccc(cc1C2)OCCCO5. The van der Waals surface area contributed by atoms with Crippen molar-refractivity contribution in [2.24, 2.45) is 0 Å². The average molecular weight is 937 g/mol. The van der Waals surface area contributed by atoms with Gasteiger partial charge in [-0.05, 0) is 160 Å². The molecule has 0 N–H and O–H groups in total. The fourth-order valence-electron chi connectivity index (χ4n) is 9.98. The summed E-state index contributed by atoms with van der Waals surface area (Å²) in [5.74, 6) is 7.18. The minimum Gasteiger partial charge on any atom is -0.493 e. The molecule has 12 nitrogen and oxygen atoms in total. The van der Waals surface area contributed by atoms with Crippen LogP contribution in [-0.2, 0) is 43.3 Å². The summed E-state index contributed by atoms with van der Waals surface area (Å²) in [4.78, 5) is 0. The first-order valence-electron chi connectivity index (χ1n) is 23.7. The van der Waals surface area contributed by atoms with Crippen LogP contribution < -0.4 is 52.1 Å². The van der Waals surface area contributed by atoms with Gasteiger partial charge in [0.05, 0.1) is 62.0 Å². The van der Waals surface area contributed by atoms with Crippen molar-refractivity contribution in [3.63, 3.8) is 0 Å². The van der Waals surface area contributed by atoms with E-state index < -0.39 is 6.10 Å². The van der Waals surface area contributed by atoms with Crippen LogP contribution in [0.1, 0.15) is 79.6 Å². The summed E-state index contributed by atoms with van der Waals surface area (Å²) in [5, 5.41) is 0. The number of methoxy groups -OCH3 is 6. The zero-order chi connectivity index (χ0) is 47.4. The van der Waals surface area contributed by atoms with E-state index in [2.05, 4.69) is 78.9 Å². The van der Waals surface area contributed by atoms with Crippen LogP contribution in [0.4, 0.5) is 0 Å². The number of hydrogen-bond donors (Lipinski definition) is 0. The lowest BCUT2D eigenvalue weighted by Gasteiger charge is -2.22. The Hall–Kier alpha value is -6.92. The second kappa shape index (κ2) is 20.4. The zero-order valence-electron chi connectivity index (χ0n) is 40.4. The average Bonchev–Trinajstić information content (AvgIpc) is 3.46. The molecule has 18 bridgehead atoms. The quantitative estimate of drug-likeness (QED) is 0.158. The first kappa shape index (κ1) is 45.8. The van der Waals surface area contributed by atoms with Crippen LogP contribution in [0.15, 0.2) is 78.9 Å². The van der Waals surface area contributed by atoms with E-state index in [0.29, 0.717) is 130 Å². The first-order chi connectivity index (χ1) is 33.8. The van der Waals surface area contributed by atoms with Crippen molar-refractivity contribution in [3.8, 4) is 63.2 Å². The van der Waals surface area contributed by atoms with Gasteiger partial charge in [-0.15, -0.1) is 0 Å². The van der Waals surface area contributed by atoms with E-state index in [0.717, 1.165) is 72.7 Å². The highest BCUT2D eigenvalue weighted by molar-refractivity contribution is 5.64. The third-order valence-corrected chi connectivity index (χ3v) is 13.7. The molecule has 0 amide bonds. The molecule has 0 saturated carbocycles. The van der Waals surface area contributed by atoms with Gasteiger partial charge in [-0.25, -0.2) is 0 Å². The van der Waals surface area contributed by atoms with Gasteiger partial charge in [0.25, 0.3) is 0 Å². The Morgan fingerprint density at radius 3 is 1.26 bits per heavy atom. The van der Waals surface area contributed by atoms with E-state index in [9.17, 15) is 0 Å². The highest BCUT2D eigenvalue weighted by Gasteiger charge is 2.28. The number of ether oxygens (including phenoxy) is 12. The van der Waals surface area contributed by atoms with Crippen LogP contribution in [0.5, 0.6) is 63.2 Å². The molecule has 6 aromatic carbocycles. The highest BCUT2D eigenvalue weighted by atomic mass is 16.6. The lowest BCUT2D eigenvalue weighted by molar-refractivity contribution is 0.0225. The van der Waals surface area contributed by atoms with Gasteiger partial charge in [0.2, 0.25) is 5.75 Å². The Labute approximate surface area is 404 Å².